The van der Waals surface area contributed by atoms with Crippen LogP contribution in [-0.2, 0) is 5.11 Å². The summed E-state index contributed by atoms with van der Waals surface area (Å²) in [4.78, 5) is 4.70. The molecule has 8 aromatic carbocycles. The predicted molar refractivity (Wildman–Crippen MR) is 217 cm³/mol. The molecule has 0 saturated heterocycles. The fraction of sp³-hybridized carbons (Fsp3) is 0.0217. The Bertz CT molecular complexity index is 2600. The molecule has 0 spiro atoms. The van der Waals surface area contributed by atoms with Gasteiger partial charge >= 0.3 is 0 Å². The van der Waals surface area contributed by atoms with Crippen molar-refractivity contribution in [2.45, 2.75) is 5.11 Å². The molecule has 9 rings (SSSR count). The van der Waals surface area contributed by atoms with Crippen molar-refractivity contribution < 1.29 is 0 Å². The van der Waals surface area contributed by atoms with Crippen molar-refractivity contribution in [2.75, 3.05) is 0 Å². The highest BCUT2D eigenvalue weighted by atomic mass is 15.1. The lowest BCUT2D eigenvalue weighted by Crippen LogP contribution is -2.31. The third-order valence-electron chi connectivity index (χ3n) is 9.73. The molecule has 6 radical (unpaired) electrons. The molecule has 0 atom stereocenters. The van der Waals surface area contributed by atoms with E-state index < -0.39 is 5.11 Å². The van der Waals surface area contributed by atoms with Crippen LogP contribution in [-0.4, -0.2) is 33.1 Å². The van der Waals surface area contributed by atoms with Gasteiger partial charge in [-0.25, -0.2) is 4.98 Å². The Morgan fingerprint density at radius 2 is 0.824 bits per heavy atom. The molecule has 0 bridgehead atoms. The fourth-order valence-electron chi connectivity index (χ4n) is 7.47. The summed E-state index contributed by atoms with van der Waals surface area (Å²) >= 11 is 0. The summed E-state index contributed by atoms with van der Waals surface area (Å²) in [6.07, 6.45) is 0. The van der Waals surface area contributed by atoms with Gasteiger partial charge in [-0.2, -0.15) is 0 Å². The van der Waals surface area contributed by atoms with Gasteiger partial charge in [-0.3, -0.25) is 4.57 Å². The van der Waals surface area contributed by atoms with Crippen LogP contribution in [0.3, 0.4) is 0 Å². The Morgan fingerprint density at radius 3 is 1.33 bits per heavy atom. The maximum Gasteiger partial charge on any atom is 0.0951 e. The van der Waals surface area contributed by atoms with Crippen molar-refractivity contribution in [2.24, 2.45) is 0 Å². The van der Waals surface area contributed by atoms with Crippen LogP contribution < -0.4 is 0 Å². The van der Waals surface area contributed by atoms with Gasteiger partial charge in [0.2, 0.25) is 0 Å². The standard InChI is InChI=1S/C46H29B3N2/c47-46(48,49)45-50-41-21-11-12-22-42(41)51(45)36-25-23-32(24-26-36)43-37-17-7-9-19-39(37)44(40-20-10-8-18-38(40)43)35-28-33(30-13-3-1-4-14-30)27-34(29-35)31-15-5-2-6-16-31/h1-29H. The molecule has 0 unspecified atom stereocenters. The normalized spacial score (nSPS) is 11.8. The van der Waals surface area contributed by atoms with E-state index >= 15 is 0 Å². The maximum atomic E-state index is 6.22. The summed E-state index contributed by atoms with van der Waals surface area (Å²) in [5.41, 5.74) is 12.0. The fourth-order valence-corrected chi connectivity index (χ4v) is 7.47. The second kappa shape index (κ2) is 12.4. The van der Waals surface area contributed by atoms with Crippen molar-refractivity contribution in [3.8, 4) is 50.2 Å². The van der Waals surface area contributed by atoms with Crippen molar-refractivity contribution >= 4 is 56.1 Å². The van der Waals surface area contributed by atoms with Crippen LogP contribution in [0.5, 0.6) is 0 Å². The van der Waals surface area contributed by atoms with E-state index in [0.717, 1.165) is 22.3 Å². The topological polar surface area (TPSA) is 17.8 Å². The van der Waals surface area contributed by atoms with Gasteiger partial charge in [0.15, 0.2) is 0 Å². The number of rotatable bonds is 6. The van der Waals surface area contributed by atoms with E-state index in [-0.39, 0.29) is 0 Å². The first-order valence-electron chi connectivity index (χ1n) is 17.1. The van der Waals surface area contributed by atoms with Crippen LogP contribution in [0.1, 0.15) is 5.82 Å². The number of imidazole rings is 1. The second-order valence-corrected chi connectivity index (χ2v) is 13.1. The van der Waals surface area contributed by atoms with Crippen LogP contribution in [0.4, 0.5) is 0 Å². The lowest BCUT2D eigenvalue weighted by atomic mass is 9.42. The minimum absolute atomic E-state index is 0.393. The first kappa shape index (κ1) is 31.0. The van der Waals surface area contributed by atoms with Gasteiger partial charge in [0.1, 0.15) is 0 Å². The molecule has 0 aliphatic carbocycles. The Kier molecular flexibility index (Phi) is 7.51. The molecule has 0 fully saturated rings. The van der Waals surface area contributed by atoms with Crippen LogP contribution >= 0.6 is 0 Å². The number of nitrogens with zero attached hydrogens (tertiary/aromatic N) is 2. The second-order valence-electron chi connectivity index (χ2n) is 13.1. The molecule has 1 aromatic heterocycles. The third kappa shape index (κ3) is 5.46. The zero-order valence-electron chi connectivity index (χ0n) is 27.9. The van der Waals surface area contributed by atoms with Crippen LogP contribution in [0.15, 0.2) is 176 Å². The summed E-state index contributed by atoms with van der Waals surface area (Å²) in [5, 5.41) is 3.15. The van der Waals surface area contributed by atoms with E-state index in [0.29, 0.717) is 5.82 Å². The molecule has 5 heteroatoms. The highest BCUT2D eigenvalue weighted by Crippen LogP contribution is 2.45. The van der Waals surface area contributed by atoms with E-state index in [1.54, 1.807) is 0 Å². The first-order chi connectivity index (χ1) is 24.9. The summed E-state index contributed by atoms with van der Waals surface area (Å²) in [6, 6.07) is 62.1. The highest BCUT2D eigenvalue weighted by Gasteiger charge is 2.23. The summed E-state index contributed by atoms with van der Waals surface area (Å²) in [6.45, 7) is 0. The van der Waals surface area contributed by atoms with Crippen LogP contribution in [0.25, 0.3) is 82.8 Å². The van der Waals surface area contributed by atoms with Crippen LogP contribution in [0, 0.1) is 0 Å². The number of hydrogen-bond acceptors (Lipinski definition) is 1. The largest absolute Gasteiger partial charge is 0.298 e. The Balaban J connectivity index is 1.27. The minimum Gasteiger partial charge on any atom is -0.298 e. The quantitative estimate of drug-likeness (QED) is 0.130. The van der Waals surface area contributed by atoms with Gasteiger partial charge in [-0.15, -0.1) is 0 Å². The highest BCUT2D eigenvalue weighted by molar-refractivity contribution is 6.58. The molecule has 2 nitrogen and oxygen atoms in total. The van der Waals surface area contributed by atoms with Crippen LogP contribution in [0.2, 0.25) is 0 Å². The molecule has 0 amide bonds. The maximum absolute atomic E-state index is 6.22. The van der Waals surface area contributed by atoms with Gasteiger partial charge < -0.3 is 0 Å². The Labute approximate surface area is 301 Å². The van der Waals surface area contributed by atoms with E-state index in [4.69, 9.17) is 28.5 Å². The molecule has 0 N–H and O–H groups in total. The molecule has 0 aliphatic heterocycles. The average Bonchev–Trinajstić information content (AvgIpc) is 3.58. The molecular formula is C46H29B3N2. The third-order valence-corrected chi connectivity index (χ3v) is 9.73. The summed E-state index contributed by atoms with van der Waals surface area (Å²) in [5.74, 6) is 0.393. The van der Waals surface area contributed by atoms with Crippen molar-refractivity contribution in [1.29, 1.82) is 0 Å². The Hall–Kier alpha value is -6.06. The zero-order valence-corrected chi connectivity index (χ0v) is 27.9. The summed E-state index contributed by atoms with van der Waals surface area (Å²) < 4.78 is 1.95. The lowest BCUT2D eigenvalue weighted by Gasteiger charge is -2.22. The first-order valence-corrected chi connectivity index (χ1v) is 17.1. The zero-order chi connectivity index (χ0) is 34.5. The smallest absolute Gasteiger partial charge is 0.0951 e. The van der Waals surface area contributed by atoms with E-state index in [2.05, 4.69) is 152 Å². The van der Waals surface area contributed by atoms with E-state index in [9.17, 15) is 0 Å². The van der Waals surface area contributed by atoms with Gasteiger partial charge in [0.05, 0.1) is 40.4 Å². The molecule has 0 saturated carbocycles. The monoisotopic (exact) mass is 642 g/mol. The number of fused-ring (bicyclic) bond motifs is 3. The van der Waals surface area contributed by atoms with Gasteiger partial charge in [-0.1, -0.05) is 139 Å². The number of benzene rings is 8. The van der Waals surface area contributed by atoms with E-state index in [1.807, 2.05) is 28.8 Å². The number of para-hydroxylation sites is 2. The minimum atomic E-state index is -1.61. The Morgan fingerprint density at radius 1 is 0.392 bits per heavy atom. The SMILES string of the molecule is [B]C([B])([B])c1nc2ccccc2n1-c1ccc(-c2c3ccccc3c(-c3cc(-c4ccccc4)cc(-c4ccccc4)c3)c3ccccc23)cc1. The molecule has 232 valence electrons. The molecular weight excluding hydrogens is 613 g/mol. The van der Waals surface area contributed by atoms with Crippen molar-refractivity contribution in [3.05, 3.63) is 182 Å². The van der Waals surface area contributed by atoms with Gasteiger partial charge in [-0.05, 0) is 109 Å². The van der Waals surface area contributed by atoms with Crippen molar-refractivity contribution in [1.82, 2.24) is 9.55 Å². The average molecular weight is 642 g/mol. The molecule has 51 heavy (non-hydrogen) atoms. The van der Waals surface area contributed by atoms with E-state index in [1.165, 1.54) is 60.5 Å². The van der Waals surface area contributed by atoms with Gasteiger partial charge in [0, 0.05) is 5.69 Å². The van der Waals surface area contributed by atoms with Gasteiger partial charge in [0.25, 0.3) is 0 Å². The molecule has 0 aliphatic rings. The number of hydrogen-bond donors (Lipinski definition) is 0. The summed E-state index contributed by atoms with van der Waals surface area (Å²) in [7, 11) is 18.7. The number of aromatic nitrogens is 2. The lowest BCUT2D eigenvalue weighted by molar-refractivity contribution is 0.929. The molecule has 9 aromatic rings. The van der Waals surface area contributed by atoms with Crippen molar-refractivity contribution in [3.63, 3.8) is 0 Å². The predicted octanol–water partition coefficient (Wildman–Crippen LogP) is 10.6. The molecule has 1 heterocycles.